The lowest BCUT2D eigenvalue weighted by Crippen LogP contribution is -2.31. The van der Waals surface area contributed by atoms with E-state index in [1.54, 1.807) is 31.0 Å². The first-order valence-electron chi connectivity index (χ1n) is 5.69. The number of benzene rings is 1. The molecule has 17 heavy (non-hydrogen) atoms. The lowest BCUT2D eigenvalue weighted by atomic mass is 10.1. The highest BCUT2D eigenvalue weighted by Gasteiger charge is 2.13. The van der Waals surface area contributed by atoms with Gasteiger partial charge in [-0.1, -0.05) is 6.07 Å². The monoisotopic (exact) mass is 238 g/mol. The molecule has 0 saturated heterocycles. The summed E-state index contributed by atoms with van der Waals surface area (Å²) < 4.78 is 13.3. The number of carbonyl (C=O) groups is 1. The van der Waals surface area contributed by atoms with Crippen molar-refractivity contribution in [2.24, 2.45) is 5.73 Å². The minimum absolute atomic E-state index is 0.0556. The summed E-state index contributed by atoms with van der Waals surface area (Å²) >= 11 is 0. The molecule has 0 aliphatic carbocycles. The first kappa shape index (κ1) is 13.6. The van der Waals surface area contributed by atoms with Gasteiger partial charge in [-0.25, -0.2) is 4.39 Å². The molecule has 0 spiro atoms. The molecule has 1 unspecified atom stereocenters. The van der Waals surface area contributed by atoms with Gasteiger partial charge in [0.25, 0.3) is 5.91 Å². The molecule has 0 aliphatic heterocycles. The molecule has 1 aromatic carbocycles. The third-order valence-corrected chi connectivity index (χ3v) is 2.69. The number of hydrogen-bond donors (Lipinski definition) is 1. The zero-order valence-corrected chi connectivity index (χ0v) is 10.5. The van der Waals surface area contributed by atoms with E-state index in [2.05, 4.69) is 0 Å². The van der Waals surface area contributed by atoms with Crippen molar-refractivity contribution in [3.63, 3.8) is 0 Å². The molecule has 0 fully saturated rings. The normalized spacial score (nSPS) is 12.3. The minimum atomic E-state index is -0.351. The lowest BCUT2D eigenvalue weighted by molar-refractivity contribution is 0.0791. The maximum absolute atomic E-state index is 13.3. The molecule has 4 heteroatoms. The number of rotatable bonds is 4. The fourth-order valence-corrected chi connectivity index (χ4v) is 1.45. The Kier molecular flexibility index (Phi) is 4.63. The van der Waals surface area contributed by atoms with Crippen LogP contribution in [0, 0.1) is 12.7 Å². The summed E-state index contributed by atoms with van der Waals surface area (Å²) in [5.41, 5.74) is 6.54. The van der Waals surface area contributed by atoms with E-state index < -0.39 is 0 Å². The zero-order valence-electron chi connectivity index (χ0n) is 10.5. The van der Waals surface area contributed by atoms with Gasteiger partial charge in [-0.2, -0.15) is 0 Å². The molecule has 0 saturated carbocycles. The van der Waals surface area contributed by atoms with Gasteiger partial charge in [-0.05, 0) is 38.0 Å². The van der Waals surface area contributed by atoms with Gasteiger partial charge >= 0.3 is 0 Å². The molecule has 1 rings (SSSR count). The highest BCUT2D eigenvalue weighted by Crippen LogP contribution is 2.11. The number of aryl methyl sites for hydroxylation is 1. The SMILES string of the molecule is Cc1ccc(C(=O)N(C)CCC(C)N)cc1F. The molecular weight excluding hydrogens is 219 g/mol. The van der Waals surface area contributed by atoms with Crippen LogP contribution in [0.2, 0.25) is 0 Å². The molecule has 3 nitrogen and oxygen atoms in total. The zero-order chi connectivity index (χ0) is 13.0. The van der Waals surface area contributed by atoms with E-state index in [0.717, 1.165) is 6.42 Å². The Bertz CT molecular complexity index is 404. The van der Waals surface area contributed by atoms with Gasteiger partial charge in [0, 0.05) is 25.2 Å². The van der Waals surface area contributed by atoms with E-state index >= 15 is 0 Å². The van der Waals surface area contributed by atoms with Crippen molar-refractivity contribution in [3.05, 3.63) is 35.1 Å². The van der Waals surface area contributed by atoms with Gasteiger partial charge in [0.15, 0.2) is 0 Å². The van der Waals surface area contributed by atoms with Crippen molar-refractivity contribution in [1.29, 1.82) is 0 Å². The Morgan fingerprint density at radius 2 is 2.18 bits per heavy atom. The van der Waals surface area contributed by atoms with Crippen molar-refractivity contribution in [1.82, 2.24) is 4.90 Å². The molecule has 1 aromatic rings. The summed E-state index contributed by atoms with van der Waals surface area (Å²) in [6.07, 6.45) is 0.733. The number of amides is 1. The topological polar surface area (TPSA) is 46.3 Å². The standard InChI is InChI=1S/C13H19FN2O/c1-9-4-5-11(8-12(9)14)13(17)16(3)7-6-10(2)15/h4-5,8,10H,6-7,15H2,1-3H3. The van der Waals surface area contributed by atoms with Crippen molar-refractivity contribution in [2.75, 3.05) is 13.6 Å². The molecule has 0 radical (unpaired) electrons. The maximum Gasteiger partial charge on any atom is 0.253 e. The molecule has 0 aromatic heterocycles. The number of carbonyl (C=O) groups excluding carboxylic acids is 1. The largest absolute Gasteiger partial charge is 0.342 e. The Labute approximate surface area is 101 Å². The smallest absolute Gasteiger partial charge is 0.253 e. The molecule has 1 amide bonds. The van der Waals surface area contributed by atoms with Gasteiger partial charge in [0.2, 0.25) is 0 Å². The van der Waals surface area contributed by atoms with Gasteiger partial charge in [-0.3, -0.25) is 4.79 Å². The predicted molar refractivity (Wildman–Crippen MR) is 66.4 cm³/mol. The first-order chi connectivity index (χ1) is 7.91. The van der Waals surface area contributed by atoms with Crippen LogP contribution < -0.4 is 5.73 Å². The highest BCUT2D eigenvalue weighted by atomic mass is 19.1. The first-order valence-corrected chi connectivity index (χ1v) is 5.69. The van der Waals surface area contributed by atoms with Crippen LogP contribution in [0.3, 0.4) is 0 Å². The van der Waals surface area contributed by atoms with Gasteiger partial charge in [-0.15, -0.1) is 0 Å². The molecule has 0 heterocycles. The lowest BCUT2D eigenvalue weighted by Gasteiger charge is -2.18. The summed E-state index contributed by atoms with van der Waals surface area (Å²) in [7, 11) is 1.70. The Balaban J connectivity index is 2.71. The summed E-state index contributed by atoms with van der Waals surface area (Å²) in [6.45, 7) is 4.14. The van der Waals surface area contributed by atoms with E-state index in [9.17, 15) is 9.18 Å². The average Bonchev–Trinajstić information content (AvgIpc) is 2.28. The van der Waals surface area contributed by atoms with E-state index in [0.29, 0.717) is 17.7 Å². The molecular formula is C13H19FN2O. The molecule has 1 atom stereocenters. The predicted octanol–water partition coefficient (Wildman–Crippen LogP) is 1.94. The van der Waals surface area contributed by atoms with Gasteiger partial charge < -0.3 is 10.6 Å². The summed E-state index contributed by atoms with van der Waals surface area (Å²) in [5.74, 6) is -0.527. The second kappa shape index (κ2) is 5.77. The molecule has 0 bridgehead atoms. The number of halogens is 1. The summed E-state index contributed by atoms with van der Waals surface area (Å²) in [4.78, 5) is 13.5. The van der Waals surface area contributed by atoms with Crippen LogP contribution in [-0.2, 0) is 0 Å². The number of nitrogens with zero attached hydrogens (tertiary/aromatic N) is 1. The third-order valence-electron chi connectivity index (χ3n) is 2.69. The third kappa shape index (κ3) is 3.82. The van der Waals surface area contributed by atoms with E-state index in [1.807, 2.05) is 6.92 Å². The molecule has 2 N–H and O–H groups in total. The van der Waals surface area contributed by atoms with Crippen LogP contribution in [0.25, 0.3) is 0 Å². The van der Waals surface area contributed by atoms with E-state index in [1.165, 1.54) is 6.07 Å². The van der Waals surface area contributed by atoms with Crippen LogP contribution in [0.1, 0.15) is 29.3 Å². The molecule has 0 aliphatic rings. The van der Waals surface area contributed by atoms with Crippen molar-refractivity contribution in [3.8, 4) is 0 Å². The van der Waals surface area contributed by atoms with E-state index in [4.69, 9.17) is 5.73 Å². The van der Waals surface area contributed by atoms with Crippen LogP contribution in [0.4, 0.5) is 4.39 Å². The second-order valence-corrected chi connectivity index (χ2v) is 4.46. The van der Waals surface area contributed by atoms with Crippen molar-refractivity contribution >= 4 is 5.91 Å². The van der Waals surface area contributed by atoms with Gasteiger partial charge in [0.1, 0.15) is 5.82 Å². The quantitative estimate of drug-likeness (QED) is 0.871. The van der Waals surface area contributed by atoms with Crippen molar-refractivity contribution in [2.45, 2.75) is 26.3 Å². The van der Waals surface area contributed by atoms with Crippen LogP contribution >= 0.6 is 0 Å². The Hall–Kier alpha value is -1.42. The van der Waals surface area contributed by atoms with Crippen LogP contribution in [0.15, 0.2) is 18.2 Å². The fourth-order valence-electron chi connectivity index (χ4n) is 1.45. The molecule has 94 valence electrons. The number of nitrogens with two attached hydrogens (primary N) is 1. The summed E-state index contributed by atoms with van der Waals surface area (Å²) in [6, 6.07) is 4.59. The minimum Gasteiger partial charge on any atom is -0.342 e. The van der Waals surface area contributed by atoms with Crippen molar-refractivity contribution < 1.29 is 9.18 Å². The Morgan fingerprint density at radius 1 is 1.53 bits per heavy atom. The average molecular weight is 238 g/mol. The summed E-state index contributed by atoms with van der Waals surface area (Å²) in [5, 5.41) is 0. The second-order valence-electron chi connectivity index (χ2n) is 4.46. The Morgan fingerprint density at radius 3 is 2.71 bits per heavy atom. The van der Waals surface area contributed by atoms with E-state index in [-0.39, 0.29) is 17.8 Å². The maximum atomic E-state index is 13.3. The highest BCUT2D eigenvalue weighted by molar-refractivity contribution is 5.94. The van der Waals surface area contributed by atoms with Gasteiger partial charge in [0.05, 0.1) is 0 Å². The van der Waals surface area contributed by atoms with Crippen LogP contribution in [0.5, 0.6) is 0 Å². The fraction of sp³-hybridized carbons (Fsp3) is 0.462. The number of hydrogen-bond acceptors (Lipinski definition) is 2. The van der Waals surface area contributed by atoms with Crippen LogP contribution in [-0.4, -0.2) is 30.4 Å².